The molecule has 1 rings (SSSR count). The van der Waals surface area contributed by atoms with Crippen molar-refractivity contribution in [1.82, 2.24) is 0 Å². The fraction of sp³-hybridized carbons (Fsp3) is 0.778. The lowest BCUT2D eigenvalue weighted by Gasteiger charge is -2.21. The van der Waals surface area contributed by atoms with Gasteiger partial charge in [0.05, 0.1) is 12.9 Å². The fourth-order valence-corrected chi connectivity index (χ4v) is 1.35. The zero-order valence-electron chi connectivity index (χ0n) is 6.92. The molecule has 0 atom stereocenters. The van der Waals surface area contributed by atoms with Crippen LogP contribution in [-0.4, -0.2) is 19.8 Å². The first-order valence-corrected chi connectivity index (χ1v) is 4.23. The average molecular weight is 156 g/mol. The van der Waals surface area contributed by atoms with Crippen molar-refractivity contribution < 1.29 is 9.47 Å². The summed E-state index contributed by atoms with van der Waals surface area (Å²) >= 11 is 0. The molecule has 0 bridgehead atoms. The van der Waals surface area contributed by atoms with E-state index in [9.17, 15) is 0 Å². The summed E-state index contributed by atoms with van der Waals surface area (Å²) in [5, 5.41) is 0. The van der Waals surface area contributed by atoms with E-state index < -0.39 is 0 Å². The van der Waals surface area contributed by atoms with Crippen molar-refractivity contribution in [2.75, 3.05) is 19.8 Å². The van der Waals surface area contributed by atoms with E-state index in [-0.39, 0.29) is 0 Å². The third-order valence-corrected chi connectivity index (χ3v) is 2.10. The quantitative estimate of drug-likeness (QED) is 0.457. The fourth-order valence-electron chi connectivity index (χ4n) is 1.35. The molecule has 1 fully saturated rings. The Hall–Kier alpha value is -0.500. The van der Waals surface area contributed by atoms with E-state index in [0.717, 1.165) is 32.2 Å². The summed E-state index contributed by atoms with van der Waals surface area (Å²) in [7, 11) is 0. The maximum absolute atomic E-state index is 5.25. The van der Waals surface area contributed by atoms with Crippen LogP contribution in [0, 0.1) is 5.92 Å². The minimum absolute atomic E-state index is 0.809. The molecular weight excluding hydrogens is 140 g/mol. The van der Waals surface area contributed by atoms with E-state index in [1.165, 1.54) is 19.1 Å². The highest BCUT2D eigenvalue weighted by Gasteiger charge is 2.12. The van der Waals surface area contributed by atoms with Crippen molar-refractivity contribution in [3.63, 3.8) is 0 Å². The Morgan fingerprint density at radius 1 is 1.45 bits per heavy atom. The van der Waals surface area contributed by atoms with Gasteiger partial charge in [-0.25, -0.2) is 0 Å². The van der Waals surface area contributed by atoms with Crippen LogP contribution in [0.25, 0.3) is 0 Å². The van der Waals surface area contributed by atoms with E-state index >= 15 is 0 Å². The molecule has 11 heavy (non-hydrogen) atoms. The van der Waals surface area contributed by atoms with Crippen molar-refractivity contribution in [3.8, 4) is 0 Å². The molecule has 0 radical (unpaired) electrons. The van der Waals surface area contributed by atoms with Crippen molar-refractivity contribution in [2.24, 2.45) is 5.92 Å². The predicted octanol–water partition coefficient (Wildman–Crippen LogP) is 1.96. The molecule has 1 aliphatic rings. The van der Waals surface area contributed by atoms with Crippen molar-refractivity contribution in [2.45, 2.75) is 19.3 Å². The Bertz CT molecular complexity index is 106. The molecule has 64 valence electrons. The Balaban J connectivity index is 2.00. The summed E-state index contributed by atoms with van der Waals surface area (Å²) in [4.78, 5) is 0. The Morgan fingerprint density at radius 2 is 2.18 bits per heavy atom. The molecule has 0 aromatic carbocycles. The van der Waals surface area contributed by atoms with Crippen molar-refractivity contribution in [1.29, 1.82) is 0 Å². The summed E-state index contributed by atoms with van der Waals surface area (Å²) in [6.45, 7) is 6.17. The third kappa shape index (κ3) is 3.42. The first-order chi connectivity index (χ1) is 5.43. The van der Waals surface area contributed by atoms with Crippen LogP contribution in [0.3, 0.4) is 0 Å². The van der Waals surface area contributed by atoms with Crippen LogP contribution in [0.15, 0.2) is 12.8 Å². The topological polar surface area (TPSA) is 18.5 Å². The molecule has 0 saturated carbocycles. The second-order valence-corrected chi connectivity index (χ2v) is 2.88. The van der Waals surface area contributed by atoms with Gasteiger partial charge in [0, 0.05) is 13.2 Å². The van der Waals surface area contributed by atoms with Gasteiger partial charge < -0.3 is 9.47 Å². The SMILES string of the molecule is C=COCCC1CCOCC1. The van der Waals surface area contributed by atoms with Gasteiger partial charge in [0.25, 0.3) is 0 Å². The molecule has 0 unspecified atom stereocenters. The van der Waals surface area contributed by atoms with Gasteiger partial charge in [0.2, 0.25) is 0 Å². The van der Waals surface area contributed by atoms with Gasteiger partial charge in [-0.1, -0.05) is 6.58 Å². The summed E-state index contributed by atoms with van der Waals surface area (Å²) in [5.74, 6) is 0.809. The normalized spacial score (nSPS) is 19.6. The Labute approximate surface area is 68.2 Å². The first-order valence-electron chi connectivity index (χ1n) is 4.23. The van der Waals surface area contributed by atoms with Gasteiger partial charge in [0.15, 0.2) is 0 Å². The molecule has 0 aliphatic carbocycles. The summed E-state index contributed by atoms with van der Waals surface area (Å²) < 4.78 is 10.3. The maximum atomic E-state index is 5.25. The number of ether oxygens (including phenoxy) is 2. The van der Waals surface area contributed by atoms with E-state index in [1.807, 2.05) is 0 Å². The van der Waals surface area contributed by atoms with Gasteiger partial charge in [-0.05, 0) is 25.2 Å². The lowest BCUT2D eigenvalue weighted by Crippen LogP contribution is -2.16. The highest BCUT2D eigenvalue weighted by atomic mass is 16.5. The Kier molecular flexibility index (Phi) is 4.06. The van der Waals surface area contributed by atoms with Crippen LogP contribution >= 0.6 is 0 Å². The van der Waals surface area contributed by atoms with Crippen LogP contribution in [-0.2, 0) is 9.47 Å². The standard InChI is InChI=1S/C9H16O2/c1-2-10-6-3-9-4-7-11-8-5-9/h2,9H,1,3-8H2. The molecule has 1 aliphatic heterocycles. The van der Waals surface area contributed by atoms with Gasteiger partial charge in [-0.15, -0.1) is 0 Å². The monoisotopic (exact) mass is 156 g/mol. The third-order valence-electron chi connectivity index (χ3n) is 2.10. The Morgan fingerprint density at radius 3 is 2.82 bits per heavy atom. The average Bonchev–Trinajstić information content (AvgIpc) is 2.07. The summed E-state index contributed by atoms with van der Waals surface area (Å²) in [6, 6.07) is 0. The van der Waals surface area contributed by atoms with Gasteiger partial charge in [-0.2, -0.15) is 0 Å². The van der Waals surface area contributed by atoms with E-state index in [2.05, 4.69) is 6.58 Å². The lowest BCUT2D eigenvalue weighted by atomic mass is 9.97. The largest absolute Gasteiger partial charge is 0.502 e. The minimum Gasteiger partial charge on any atom is -0.502 e. The molecule has 2 heteroatoms. The summed E-state index contributed by atoms with van der Waals surface area (Å²) in [6.07, 6.45) is 5.05. The van der Waals surface area contributed by atoms with Gasteiger partial charge in [-0.3, -0.25) is 0 Å². The number of hydrogen-bond donors (Lipinski definition) is 0. The molecule has 0 amide bonds. The number of rotatable bonds is 4. The molecule has 0 spiro atoms. The second-order valence-electron chi connectivity index (χ2n) is 2.88. The molecule has 0 N–H and O–H groups in total. The molecule has 1 saturated heterocycles. The van der Waals surface area contributed by atoms with Crippen LogP contribution < -0.4 is 0 Å². The van der Waals surface area contributed by atoms with Crippen LogP contribution in [0.5, 0.6) is 0 Å². The highest BCUT2D eigenvalue weighted by molar-refractivity contribution is 4.63. The molecule has 0 aromatic heterocycles. The van der Waals surface area contributed by atoms with Gasteiger partial charge >= 0.3 is 0 Å². The maximum Gasteiger partial charge on any atom is 0.0875 e. The molecule has 1 heterocycles. The van der Waals surface area contributed by atoms with Crippen molar-refractivity contribution >= 4 is 0 Å². The highest BCUT2D eigenvalue weighted by Crippen LogP contribution is 2.17. The summed E-state index contributed by atoms with van der Waals surface area (Å²) in [5.41, 5.74) is 0. The van der Waals surface area contributed by atoms with Crippen LogP contribution in [0.4, 0.5) is 0 Å². The molecular formula is C9H16O2. The zero-order valence-corrected chi connectivity index (χ0v) is 6.92. The lowest BCUT2D eigenvalue weighted by molar-refractivity contribution is 0.0569. The van der Waals surface area contributed by atoms with Crippen molar-refractivity contribution in [3.05, 3.63) is 12.8 Å². The van der Waals surface area contributed by atoms with E-state index in [0.29, 0.717) is 0 Å². The predicted molar refractivity (Wildman–Crippen MR) is 44.3 cm³/mol. The minimum atomic E-state index is 0.809. The zero-order chi connectivity index (χ0) is 7.94. The number of hydrogen-bond acceptors (Lipinski definition) is 2. The first kappa shape index (κ1) is 8.60. The second kappa shape index (κ2) is 5.19. The molecule has 0 aromatic rings. The van der Waals surface area contributed by atoms with Crippen LogP contribution in [0.1, 0.15) is 19.3 Å². The van der Waals surface area contributed by atoms with Gasteiger partial charge in [0.1, 0.15) is 0 Å². The molecule has 2 nitrogen and oxygen atoms in total. The van der Waals surface area contributed by atoms with E-state index in [4.69, 9.17) is 9.47 Å². The van der Waals surface area contributed by atoms with E-state index in [1.54, 1.807) is 0 Å². The van der Waals surface area contributed by atoms with Crippen LogP contribution in [0.2, 0.25) is 0 Å². The smallest absolute Gasteiger partial charge is 0.0875 e.